The Morgan fingerprint density at radius 2 is 2.06 bits per heavy atom. The minimum absolute atomic E-state index is 0.204. The summed E-state index contributed by atoms with van der Waals surface area (Å²) in [5.41, 5.74) is 3.09. The number of hydrogen-bond donors (Lipinski definition) is 1. The smallest absolute Gasteiger partial charge is 0.409 e. The zero-order valence-corrected chi connectivity index (χ0v) is 18.7. The topological polar surface area (TPSA) is 84.7 Å². The van der Waals surface area contributed by atoms with E-state index in [0.29, 0.717) is 48.6 Å². The van der Waals surface area contributed by atoms with Gasteiger partial charge in [0.2, 0.25) is 0 Å². The van der Waals surface area contributed by atoms with Crippen LogP contribution in [0.4, 0.5) is 13.6 Å². The molecule has 1 aliphatic rings. The van der Waals surface area contributed by atoms with Crippen molar-refractivity contribution >= 4 is 11.7 Å². The Hall–Kier alpha value is -3.79. The van der Waals surface area contributed by atoms with Crippen LogP contribution in [0.1, 0.15) is 11.3 Å². The number of carbonyl (C=O) groups excluding carboxylic acids is 1. The van der Waals surface area contributed by atoms with Crippen LogP contribution in [-0.2, 0) is 15.9 Å². The molecule has 0 unspecified atom stereocenters. The molecule has 8 nitrogen and oxygen atoms in total. The van der Waals surface area contributed by atoms with Crippen LogP contribution in [0.2, 0.25) is 0 Å². The highest BCUT2D eigenvalue weighted by Crippen LogP contribution is 2.34. The Morgan fingerprint density at radius 3 is 2.76 bits per heavy atom. The van der Waals surface area contributed by atoms with Crippen molar-refractivity contribution in [1.82, 2.24) is 24.5 Å². The lowest BCUT2D eigenvalue weighted by atomic mass is 10.0. The second-order valence-electron chi connectivity index (χ2n) is 8.25. The number of benzene rings is 1. The summed E-state index contributed by atoms with van der Waals surface area (Å²) >= 11 is 0. The minimum atomic E-state index is -0.724. The average Bonchev–Trinajstić information content (AvgIpc) is 3.47. The van der Waals surface area contributed by atoms with Gasteiger partial charge in [-0.3, -0.25) is 5.10 Å². The number of aromatic amines is 1. The first-order chi connectivity index (χ1) is 16.4. The lowest BCUT2D eigenvalue weighted by Gasteiger charge is -2.32. The summed E-state index contributed by atoms with van der Waals surface area (Å²) < 4.78 is 43.2. The number of amides is 1. The van der Waals surface area contributed by atoms with Crippen molar-refractivity contribution in [3.8, 4) is 22.4 Å². The van der Waals surface area contributed by atoms with Gasteiger partial charge in [-0.25, -0.2) is 18.6 Å². The molecule has 1 amide bonds. The average molecular weight is 467 g/mol. The first-order valence-corrected chi connectivity index (χ1v) is 10.8. The largest absolute Gasteiger partial charge is 0.453 e. The van der Waals surface area contributed by atoms with E-state index in [4.69, 9.17) is 9.47 Å². The molecule has 1 saturated heterocycles. The van der Waals surface area contributed by atoms with Gasteiger partial charge in [-0.1, -0.05) is 0 Å². The summed E-state index contributed by atoms with van der Waals surface area (Å²) in [4.78, 5) is 18.2. The minimum Gasteiger partial charge on any atom is -0.453 e. The number of nitrogens with one attached hydrogen (secondary N) is 1. The SMILES string of the molecule is COC(=O)N1CCO[C@@H](Cc2c(-c3c(F)cc(-c4cn[nH]c4)cc3F)nc3cc(C)ccn23)C1. The predicted molar refractivity (Wildman–Crippen MR) is 120 cm³/mol. The number of methoxy groups -OCH3 is 1. The van der Waals surface area contributed by atoms with E-state index in [2.05, 4.69) is 15.2 Å². The molecule has 1 aliphatic heterocycles. The van der Waals surface area contributed by atoms with Gasteiger partial charge in [0.1, 0.15) is 17.3 Å². The third-order valence-electron chi connectivity index (χ3n) is 5.98. The molecule has 1 fully saturated rings. The van der Waals surface area contributed by atoms with Crippen molar-refractivity contribution in [3.05, 3.63) is 65.7 Å². The molecule has 176 valence electrons. The van der Waals surface area contributed by atoms with E-state index in [0.717, 1.165) is 5.56 Å². The molecule has 0 aliphatic carbocycles. The Balaban J connectivity index is 1.58. The molecule has 0 radical (unpaired) electrons. The normalized spacial score (nSPS) is 16.2. The number of aryl methyl sites for hydroxylation is 1. The summed E-state index contributed by atoms with van der Waals surface area (Å²) in [5.74, 6) is -1.45. The number of hydrogen-bond acceptors (Lipinski definition) is 5. The molecule has 3 aromatic heterocycles. The maximum atomic E-state index is 15.3. The van der Waals surface area contributed by atoms with Crippen LogP contribution in [0.25, 0.3) is 28.0 Å². The maximum absolute atomic E-state index is 15.3. The van der Waals surface area contributed by atoms with Gasteiger partial charge in [-0.15, -0.1) is 0 Å². The number of halogens is 2. The summed E-state index contributed by atoms with van der Waals surface area (Å²) in [7, 11) is 1.33. The number of H-pyrrole nitrogens is 1. The predicted octanol–water partition coefficient (Wildman–Crippen LogP) is 3.99. The van der Waals surface area contributed by atoms with E-state index < -0.39 is 17.7 Å². The van der Waals surface area contributed by atoms with E-state index in [9.17, 15) is 4.79 Å². The van der Waals surface area contributed by atoms with Gasteiger partial charge in [0.15, 0.2) is 0 Å². The van der Waals surface area contributed by atoms with Gasteiger partial charge in [-0.05, 0) is 42.3 Å². The van der Waals surface area contributed by atoms with Crippen LogP contribution in [0.15, 0.2) is 42.9 Å². The molecule has 1 aromatic carbocycles. The van der Waals surface area contributed by atoms with Gasteiger partial charge in [0, 0.05) is 30.9 Å². The van der Waals surface area contributed by atoms with Crippen molar-refractivity contribution in [2.75, 3.05) is 26.8 Å². The van der Waals surface area contributed by atoms with Crippen molar-refractivity contribution in [2.45, 2.75) is 19.4 Å². The van der Waals surface area contributed by atoms with Crippen LogP contribution in [0.5, 0.6) is 0 Å². The highest BCUT2D eigenvalue weighted by molar-refractivity contribution is 5.73. The van der Waals surface area contributed by atoms with Gasteiger partial charge >= 0.3 is 6.09 Å². The molecule has 0 bridgehead atoms. The standard InChI is InChI=1S/C24H23F2N5O3/c1-14-3-4-31-20(10-17-13-30(5-6-34-17)24(32)33-2)23(29-21(31)7-14)22-18(25)8-15(9-19(22)26)16-11-27-28-12-16/h3-4,7-9,11-12,17H,5-6,10,13H2,1-2H3,(H,27,28)/t17-/m0/s1. The molecule has 34 heavy (non-hydrogen) atoms. The van der Waals surface area contributed by atoms with Crippen LogP contribution < -0.4 is 0 Å². The fraction of sp³-hybridized carbons (Fsp3) is 0.292. The molecule has 1 atom stereocenters. The number of rotatable bonds is 4. The lowest BCUT2D eigenvalue weighted by Crippen LogP contribution is -2.46. The number of aromatic nitrogens is 4. The van der Waals surface area contributed by atoms with Crippen LogP contribution >= 0.6 is 0 Å². The summed E-state index contributed by atoms with van der Waals surface area (Å²) in [6.07, 6.45) is 4.38. The highest BCUT2D eigenvalue weighted by atomic mass is 19.1. The number of pyridine rings is 1. The number of imidazole rings is 1. The molecule has 4 aromatic rings. The van der Waals surface area contributed by atoms with E-state index in [-0.39, 0.29) is 17.4 Å². The summed E-state index contributed by atoms with van der Waals surface area (Å²) in [5, 5.41) is 6.49. The number of carbonyl (C=O) groups is 1. The van der Waals surface area contributed by atoms with Crippen LogP contribution in [-0.4, -0.2) is 63.5 Å². The monoisotopic (exact) mass is 467 g/mol. The Bertz CT molecular complexity index is 1330. The van der Waals surface area contributed by atoms with E-state index in [1.807, 2.05) is 29.7 Å². The number of ether oxygens (including phenoxy) is 2. The Morgan fingerprint density at radius 1 is 1.26 bits per heavy atom. The van der Waals surface area contributed by atoms with Crippen molar-refractivity contribution in [1.29, 1.82) is 0 Å². The first-order valence-electron chi connectivity index (χ1n) is 10.8. The molecule has 5 rings (SSSR count). The molecule has 0 spiro atoms. The van der Waals surface area contributed by atoms with Crippen molar-refractivity contribution < 1.29 is 23.0 Å². The number of morpholine rings is 1. The van der Waals surface area contributed by atoms with E-state index in [1.54, 1.807) is 11.1 Å². The quantitative estimate of drug-likeness (QED) is 0.491. The second kappa shape index (κ2) is 8.86. The molecule has 4 heterocycles. The van der Waals surface area contributed by atoms with E-state index >= 15 is 8.78 Å². The van der Waals surface area contributed by atoms with Crippen molar-refractivity contribution in [3.63, 3.8) is 0 Å². The summed E-state index contributed by atoms with van der Waals surface area (Å²) in [6, 6.07) is 6.31. The fourth-order valence-electron chi connectivity index (χ4n) is 4.32. The van der Waals surface area contributed by atoms with Gasteiger partial charge in [-0.2, -0.15) is 5.10 Å². The molecule has 1 N–H and O–H groups in total. The third-order valence-corrected chi connectivity index (χ3v) is 5.98. The fourth-order valence-corrected chi connectivity index (χ4v) is 4.32. The van der Waals surface area contributed by atoms with Gasteiger partial charge in [0.25, 0.3) is 0 Å². The zero-order chi connectivity index (χ0) is 23.8. The van der Waals surface area contributed by atoms with Crippen LogP contribution in [0, 0.1) is 18.6 Å². The lowest BCUT2D eigenvalue weighted by molar-refractivity contribution is -0.0241. The van der Waals surface area contributed by atoms with Crippen LogP contribution in [0.3, 0.4) is 0 Å². The molecule has 10 heteroatoms. The first kappa shape index (κ1) is 22.0. The second-order valence-corrected chi connectivity index (χ2v) is 8.25. The van der Waals surface area contributed by atoms with Gasteiger partial charge in [0.05, 0.1) is 49.5 Å². The molecular weight excluding hydrogens is 444 g/mol. The number of fused-ring (bicyclic) bond motifs is 1. The summed E-state index contributed by atoms with van der Waals surface area (Å²) in [6.45, 7) is 2.98. The molecular formula is C24H23F2N5O3. The number of nitrogens with zero attached hydrogens (tertiary/aromatic N) is 4. The zero-order valence-electron chi connectivity index (χ0n) is 18.7. The Labute approximate surface area is 194 Å². The van der Waals surface area contributed by atoms with Crippen molar-refractivity contribution in [2.24, 2.45) is 0 Å². The maximum Gasteiger partial charge on any atom is 0.409 e. The molecule has 0 saturated carbocycles. The van der Waals surface area contributed by atoms with Gasteiger partial charge < -0.3 is 18.8 Å². The Kier molecular flexibility index (Phi) is 5.74. The highest BCUT2D eigenvalue weighted by Gasteiger charge is 2.29. The van der Waals surface area contributed by atoms with E-state index in [1.165, 1.54) is 25.4 Å². The third kappa shape index (κ3) is 4.01.